The smallest absolute Gasteiger partial charge is 0.229 e. The summed E-state index contributed by atoms with van der Waals surface area (Å²) in [6.45, 7) is 1.48. The third kappa shape index (κ3) is 4.04. The van der Waals surface area contributed by atoms with E-state index in [1.54, 1.807) is 18.5 Å². The topological polar surface area (TPSA) is 91.8 Å². The molecule has 2 aromatic heterocycles. The lowest BCUT2D eigenvalue weighted by molar-refractivity contribution is -0.114. The Morgan fingerprint density at radius 2 is 1.61 bits per heavy atom. The zero-order valence-electron chi connectivity index (χ0n) is 15.2. The summed E-state index contributed by atoms with van der Waals surface area (Å²) in [4.78, 5) is 24.3. The Balaban J connectivity index is 1.52. The van der Waals surface area contributed by atoms with Crippen LogP contribution in [-0.4, -0.2) is 20.9 Å². The molecule has 0 aliphatic rings. The van der Waals surface area contributed by atoms with Gasteiger partial charge in [0.15, 0.2) is 0 Å². The number of hydrogen-bond acceptors (Lipinski definition) is 6. The van der Waals surface area contributed by atoms with E-state index in [9.17, 15) is 4.79 Å². The average Bonchev–Trinajstić information content (AvgIpc) is 2.70. The van der Waals surface area contributed by atoms with Gasteiger partial charge in [-0.3, -0.25) is 9.78 Å². The molecular weight excluding hydrogens is 352 g/mol. The summed E-state index contributed by atoms with van der Waals surface area (Å²) >= 11 is 0. The van der Waals surface area contributed by atoms with Crippen molar-refractivity contribution in [3.8, 4) is 0 Å². The largest absolute Gasteiger partial charge is 0.340 e. The fourth-order valence-corrected chi connectivity index (χ4v) is 2.80. The number of amides is 1. The Morgan fingerprint density at radius 3 is 2.43 bits per heavy atom. The molecule has 0 aliphatic carbocycles. The van der Waals surface area contributed by atoms with E-state index in [1.165, 1.54) is 6.92 Å². The first-order chi connectivity index (χ1) is 13.7. The number of hydrogen-bond donors (Lipinski definition) is 3. The molecule has 2 heterocycles. The number of nitrogens with zero attached hydrogens (tertiary/aromatic N) is 3. The van der Waals surface area contributed by atoms with Crippen molar-refractivity contribution in [2.45, 2.75) is 6.92 Å². The summed E-state index contributed by atoms with van der Waals surface area (Å²) in [5.41, 5.74) is 3.30. The fourth-order valence-electron chi connectivity index (χ4n) is 2.80. The van der Waals surface area contributed by atoms with Crippen LogP contribution in [0.1, 0.15) is 6.92 Å². The molecule has 28 heavy (non-hydrogen) atoms. The lowest BCUT2D eigenvalue weighted by Crippen LogP contribution is -2.05. The van der Waals surface area contributed by atoms with Crippen molar-refractivity contribution in [1.82, 2.24) is 15.0 Å². The number of nitrogens with one attached hydrogen (secondary N) is 3. The minimum atomic E-state index is -0.102. The molecule has 138 valence electrons. The third-order valence-electron chi connectivity index (χ3n) is 4.01. The van der Waals surface area contributed by atoms with Crippen molar-refractivity contribution in [3.63, 3.8) is 0 Å². The van der Waals surface area contributed by atoms with Gasteiger partial charge in [-0.25, -0.2) is 4.98 Å². The number of anilines is 5. The van der Waals surface area contributed by atoms with Gasteiger partial charge in [-0.05, 0) is 42.5 Å². The second-order valence-corrected chi connectivity index (χ2v) is 6.15. The van der Waals surface area contributed by atoms with Crippen LogP contribution in [0.4, 0.5) is 28.8 Å². The number of fused-ring (bicyclic) bond motifs is 1. The molecule has 4 rings (SSSR count). The zero-order chi connectivity index (χ0) is 19.3. The van der Waals surface area contributed by atoms with Crippen LogP contribution in [0.15, 0.2) is 73.1 Å². The molecule has 0 radical (unpaired) electrons. The maximum atomic E-state index is 11.1. The van der Waals surface area contributed by atoms with Crippen LogP contribution in [0.3, 0.4) is 0 Å². The maximum Gasteiger partial charge on any atom is 0.229 e. The van der Waals surface area contributed by atoms with Gasteiger partial charge in [0.1, 0.15) is 5.82 Å². The van der Waals surface area contributed by atoms with Gasteiger partial charge in [0.25, 0.3) is 0 Å². The van der Waals surface area contributed by atoms with Crippen LogP contribution in [-0.2, 0) is 4.79 Å². The molecule has 7 nitrogen and oxygen atoms in total. The van der Waals surface area contributed by atoms with Crippen molar-refractivity contribution in [1.29, 1.82) is 0 Å². The molecule has 4 aromatic rings. The normalized spacial score (nSPS) is 10.5. The number of rotatable bonds is 5. The summed E-state index contributed by atoms with van der Waals surface area (Å²) in [7, 11) is 0. The monoisotopic (exact) mass is 370 g/mol. The average molecular weight is 370 g/mol. The van der Waals surface area contributed by atoms with Gasteiger partial charge in [-0.15, -0.1) is 0 Å². The second-order valence-electron chi connectivity index (χ2n) is 6.15. The molecule has 0 atom stereocenters. The minimum Gasteiger partial charge on any atom is -0.340 e. The molecule has 0 aliphatic heterocycles. The Bertz CT molecular complexity index is 1120. The molecule has 0 bridgehead atoms. The second kappa shape index (κ2) is 7.71. The number of benzene rings is 2. The van der Waals surface area contributed by atoms with Crippen molar-refractivity contribution in [2.24, 2.45) is 0 Å². The first-order valence-electron chi connectivity index (χ1n) is 8.76. The van der Waals surface area contributed by atoms with Crippen molar-refractivity contribution < 1.29 is 4.79 Å². The van der Waals surface area contributed by atoms with Crippen LogP contribution in [0.2, 0.25) is 0 Å². The highest BCUT2D eigenvalue weighted by molar-refractivity contribution is 5.91. The summed E-state index contributed by atoms with van der Waals surface area (Å²) in [6.07, 6.45) is 3.44. The standard InChI is InChI=1S/C21H18N6O/c1-14(28)24-16-7-9-17(10-8-16)25-19-11-13-23-21(27-19)26-18-6-2-4-15-5-3-12-22-20(15)18/h2-13H,1H3,(H,24,28)(H2,23,25,26,27). The Labute approximate surface area is 161 Å². The van der Waals surface area contributed by atoms with Crippen molar-refractivity contribution in [2.75, 3.05) is 16.0 Å². The van der Waals surface area contributed by atoms with Crippen molar-refractivity contribution >= 4 is 45.6 Å². The highest BCUT2D eigenvalue weighted by Crippen LogP contribution is 2.24. The van der Waals surface area contributed by atoms with E-state index in [1.807, 2.05) is 54.6 Å². The van der Waals surface area contributed by atoms with E-state index in [-0.39, 0.29) is 5.91 Å². The van der Waals surface area contributed by atoms with Gasteiger partial charge in [0.2, 0.25) is 11.9 Å². The van der Waals surface area contributed by atoms with Gasteiger partial charge in [0.05, 0.1) is 11.2 Å². The summed E-state index contributed by atoms with van der Waals surface area (Å²) in [5, 5.41) is 10.2. The Hall–Kier alpha value is -4.00. The summed E-state index contributed by atoms with van der Waals surface area (Å²) < 4.78 is 0. The third-order valence-corrected chi connectivity index (χ3v) is 4.01. The SMILES string of the molecule is CC(=O)Nc1ccc(Nc2ccnc(Nc3cccc4cccnc34)n2)cc1. The number of aromatic nitrogens is 3. The fraction of sp³-hybridized carbons (Fsp3) is 0.0476. The van der Waals surface area contributed by atoms with Crippen LogP contribution < -0.4 is 16.0 Å². The Kier molecular flexibility index (Phi) is 4.79. The van der Waals surface area contributed by atoms with Crippen molar-refractivity contribution in [3.05, 3.63) is 73.1 Å². The predicted molar refractivity (Wildman–Crippen MR) is 111 cm³/mol. The highest BCUT2D eigenvalue weighted by atomic mass is 16.1. The number of carbonyl (C=O) groups excluding carboxylic acids is 1. The van der Waals surface area contributed by atoms with E-state index in [2.05, 4.69) is 30.9 Å². The van der Waals surface area contributed by atoms with Gasteiger partial charge >= 0.3 is 0 Å². The molecule has 3 N–H and O–H groups in total. The van der Waals surface area contributed by atoms with Gasteiger partial charge in [-0.2, -0.15) is 4.98 Å². The minimum absolute atomic E-state index is 0.102. The first-order valence-corrected chi connectivity index (χ1v) is 8.76. The Morgan fingerprint density at radius 1 is 0.821 bits per heavy atom. The zero-order valence-corrected chi connectivity index (χ0v) is 15.2. The van der Waals surface area contributed by atoms with E-state index in [0.29, 0.717) is 11.8 Å². The number of para-hydroxylation sites is 1. The van der Waals surface area contributed by atoms with Gasteiger partial charge in [-0.1, -0.05) is 18.2 Å². The summed E-state index contributed by atoms with van der Waals surface area (Å²) in [5.74, 6) is 1.02. The summed E-state index contributed by atoms with van der Waals surface area (Å²) in [6, 6.07) is 19.0. The highest BCUT2D eigenvalue weighted by Gasteiger charge is 2.05. The van der Waals surface area contributed by atoms with E-state index in [4.69, 9.17) is 0 Å². The van der Waals surface area contributed by atoms with Crippen LogP contribution in [0, 0.1) is 0 Å². The molecule has 2 aromatic carbocycles. The molecular formula is C21H18N6O. The van der Waals surface area contributed by atoms with Gasteiger partial charge < -0.3 is 16.0 Å². The molecule has 0 unspecified atom stereocenters. The molecule has 0 saturated carbocycles. The molecule has 1 amide bonds. The van der Waals surface area contributed by atoms with E-state index >= 15 is 0 Å². The lowest BCUT2D eigenvalue weighted by Gasteiger charge is -2.10. The molecule has 0 fully saturated rings. The molecule has 0 spiro atoms. The quantitative estimate of drug-likeness (QED) is 0.480. The molecule has 0 saturated heterocycles. The predicted octanol–water partition coefficient (Wildman–Crippen LogP) is 4.47. The maximum absolute atomic E-state index is 11.1. The van der Waals surface area contributed by atoms with Crippen LogP contribution in [0.25, 0.3) is 10.9 Å². The number of pyridine rings is 1. The number of carbonyl (C=O) groups is 1. The van der Waals surface area contributed by atoms with Crippen LogP contribution >= 0.6 is 0 Å². The van der Waals surface area contributed by atoms with E-state index < -0.39 is 0 Å². The van der Waals surface area contributed by atoms with Gasteiger partial charge in [0, 0.05) is 36.1 Å². The van der Waals surface area contributed by atoms with Crippen LogP contribution in [0.5, 0.6) is 0 Å². The molecule has 7 heteroatoms. The first kappa shape index (κ1) is 17.4. The lowest BCUT2D eigenvalue weighted by atomic mass is 10.2. The van der Waals surface area contributed by atoms with E-state index in [0.717, 1.165) is 28.0 Å².